The molecule has 0 saturated carbocycles. The number of carbonyl (C=O) groups excluding carboxylic acids is 1. The summed E-state index contributed by atoms with van der Waals surface area (Å²) < 4.78 is 0. The van der Waals surface area contributed by atoms with Gasteiger partial charge in [0.05, 0.1) is 0 Å². The molecule has 21 heavy (non-hydrogen) atoms. The van der Waals surface area contributed by atoms with Crippen LogP contribution in [0.3, 0.4) is 0 Å². The lowest BCUT2D eigenvalue weighted by atomic mass is 10.1. The number of anilines is 2. The number of hydrogen-bond acceptors (Lipinski definition) is 2. The molecule has 0 fully saturated rings. The summed E-state index contributed by atoms with van der Waals surface area (Å²) in [5.41, 5.74) is 4.30. The molecule has 0 aliphatic heterocycles. The van der Waals surface area contributed by atoms with Crippen molar-refractivity contribution in [2.45, 2.75) is 20.3 Å². The van der Waals surface area contributed by atoms with Crippen LogP contribution in [-0.2, 0) is 4.79 Å². The fraction of sp³-hybridized carbons (Fsp3) is 0.235. The predicted molar refractivity (Wildman–Crippen MR) is 89.1 cm³/mol. The fourth-order valence-electron chi connectivity index (χ4n) is 2.01. The molecule has 0 aliphatic rings. The molecule has 0 atom stereocenters. The fourth-order valence-corrected chi connectivity index (χ4v) is 2.14. The molecule has 4 heteroatoms. The number of nitrogens with one attached hydrogen (secondary N) is 2. The van der Waals surface area contributed by atoms with E-state index in [-0.39, 0.29) is 5.91 Å². The minimum atomic E-state index is -0.0184. The Balaban J connectivity index is 1.81. The maximum absolute atomic E-state index is 11.9. The normalized spacial score (nSPS) is 10.2. The molecular formula is C17H19ClN2O. The zero-order valence-corrected chi connectivity index (χ0v) is 13.0. The number of rotatable bonds is 5. The lowest BCUT2D eigenvalue weighted by Crippen LogP contribution is -2.16. The van der Waals surface area contributed by atoms with Crippen LogP contribution in [0, 0.1) is 13.8 Å². The van der Waals surface area contributed by atoms with Crippen LogP contribution in [0.2, 0.25) is 5.02 Å². The largest absolute Gasteiger partial charge is 0.384 e. The van der Waals surface area contributed by atoms with E-state index in [4.69, 9.17) is 11.6 Å². The van der Waals surface area contributed by atoms with E-state index in [0.717, 1.165) is 11.4 Å². The number of halogens is 1. The summed E-state index contributed by atoms with van der Waals surface area (Å²) in [6.45, 7) is 4.75. The molecule has 0 saturated heterocycles. The summed E-state index contributed by atoms with van der Waals surface area (Å²) in [6.07, 6.45) is 0.413. The predicted octanol–water partition coefficient (Wildman–Crippen LogP) is 4.40. The highest BCUT2D eigenvalue weighted by Crippen LogP contribution is 2.18. The molecule has 0 unspecified atom stereocenters. The minimum Gasteiger partial charge on any atom is -0.384 e. The standard InChI is InChI=1S/C17H19ClN2O/c1-12-4-3-5-16(13(12)2)19-11-10-17(21)20-15-8-6-14(18)7-9-15/h3-9,19H,10-11H2,1-2H3,(H,20,21). The van der Waals surface area contributed by atoms with Gasteiger partial charge in [-0.25, -0.2) is 0 Å². The Hall–Kier alpha value is -2.00. The Morgan fingerprint density at radius 2 is 1.81 bits per heavy atom. The monoisotopic (exact) mass is 302 g/mol. The number of hydrogen-bond donors (Lipinski definition) is 2. The van der Waals surface area contributed by atoms with Crippen molar-refractivity contribution < 1.29 is 4.79 Å². The van der Waals surface area contributed by atoms with E-state index in [1.54, 1.807) is 24.3 Å². The smallest absolute Gasteiger partial charge is 0.226 e. The van der Waals surface area contributed by atoms with Crippen molar-refractivity contribution in [3.8, 4) is 0 Å². The van der Waals surface area contributed by atoms with Crippen LogP contribution in [0.1, 0.15) is 17.5 Å². The summed E-state index contributed by atoms with van der Waals surface area (Å²) in [5.74, 6) is -0.0184. The van der Waals surface area contributed by atoms with E-state index in [1.165, 1.54) is 11.1 Å². The second-order valence-electron chi connectivity index (χ2n) is 4.98. The van der Waals surface area contributed by atoms with E-state index in [1.807, 2.05) is 12.1 Å². The first kappa shape index (κ1) is 15.4. The average molecular weight is 303 g/mol. The first-order valence-electron chi connectivity index (χ1n) is 6.92. The molecule has 110 valence electrons. The van der Waals surface area contributed by atoms with Gasteiger partial charge in [0.15, 0.2) is 0 Å². The zero-order chi connectivity index (χ0) is 15.2. The molecule has 3 nitrogen and oxygen atoms in total. The number of aryl methyl sites for hydroxylation is 1. The Morgan fingerprint density at radius 1 is 1.10 bits per heavy atom. The number of carbonyl (C=O) groups is 1. The second kappa shape index (κ2) is 7.14. The SMILES string of the molecule is Cc1cccc(NCCC(=O)Nc2ccc(Cl)cc2)c1C. The molecular weight excluding hydrogens is 284 g/mol. The highest BCUT2D eigenvalue weighted by atomic mass is 35.5. The van der Waals surface area contributed by atoms with Crippen LogP contribution in [0.4, 0.5) is 11.4 Å². The van der Waals surface area contributed by atoms with Gasteiger partial charge in [-0.2, -0.15) is 0 Å². The lowest BCUT2D eigenvalue weighted by molar-refractivity contribution is -0.115. The van der Waals surface area contributed by atoms with Gasteiger partial charge in [0.1, 0.15) is 0 Å². The first-order chi connectivity index (χ1) is 10.1. The molecule has 0 heterocycles. The minimum absolute atomic E-state index is 0.0184. The summed E-state index contributed by atoms with van der Waals surface area (Å²) >= 11 is 5.80. The summed E-state index contributed by atoms with van der Waals surface area (Å²) in [4.78, 5) is 11.9. The quantitative estimate of drug-likeness (QED) is 0.859. The Kier molecular flexibility index (Phi) is 5.23. The van der Waals surface area contributed by atoms with Crippen molar-refractivity contribution in [2.24, 2.45) is 0 Å². The van der Waals surface area contributed by atoms with Crippen LogP contribution in [-0.4, -0.2) is 12.5 Å². The van der Waals surface area contributed by atoms with Crippen molar-refractivity contribution in [2.75, 3.05) is 17.2 Å². The topological polar surface area (TPSA) is 41.1 Å². The average Bonchev–Trinajstić information content (AvgIpc) is 2.46. The van der Waals surface area contributed by atoms with E-state index in [9.17, 15) is 4.79 Å². The van der Waals surface area contributed by atoms with E-state index < -0.39 is 0 Å². The van der Waals surface area contributed by atoms with Gasteiger partial charge < -0.3 is 10.6 Å². The van der Waals surface area contributed by atoms with Gasteiger partial charge in [-0.3, -0.25) is 4.79 Å². The molecule has 1 amide bonds. The lowest BCUT2D eigenvalue weighted by Gasteiger charge is -2.11. The zero-order valence-electron chi connectivity index (χ0n) is 12.2. The van der Waals surface area contributed by atoms with Gasteiger partial charge in [-0.1, -0.05) is 23.7 Å². The molecule has 0 spiro atoms. The van der Waals surface area contributed by atoms with Crippen LogP contribution >= 0.6 is 11.6 Å². The number of amides is 1. The van der Waals surface area contributed by atoms with Crippen molar-refractivity contribution in [1.29, 1.82) is 0 Å². The van der Waals surface area contributed by atoms with Crippen LogP contribution < -0.4 is 10.6 Å². The molecule has 2 rings (SSSR count). The molecule has 0 bridgehead atoms. The highest BCUT2D eigenvalue weighted by molar-refractivity contribution is 6.30. The van der Waals surface area contributed by atoms with Crippen molar-refractivity contribution in [3.63, 3.8) is 0 Å². The van der Waals surface area contributed by atoms with Crippen LogP contribution in [0.15, 0.2) is 42.5 Å². The van der Waals surface area contributed by atoms with E-state index >= 15 is 0 Å². The van der Waals surface area contributed by atoms with Gasteiger partial charge in [-0.15, -0.1) is 0 Å². The van der Waals surface area contributed by atoms with E-state index in [2.05, 4.69) is 30.5 Å². The maximum Gasteiger partial charge on any atom is 0.226 e. The first-order valence-corrected chi connectivity index (χ1v) is 7.29. The Labute approximate surface area is 130 Å². The Morgan fingerprint density at radius 3 is 2.52 bits per heavy atom. The molecule has 2 N–H and O–H groups in total. The third kappa shape index (κ3) is 4.50. The second-order valence-corrected chi connectivity index (χ2v) is 5.42. The van der Waals surface area contributed by atoms with Gasteiger partial charge in [-0.05, 0) is 55.3 Å². The van der Waals surface area contributed by atoms with Gasteiger partial charge >= 0.3 is 0 Å². The molecule has 2 aromatic rings. The maximum atomic E-state index is 11.9. The van der Waals surface area contributed by atoms with Gasteiger partial charge in [0, 0.05) is 29.4 Å². The molecule has 0 aliphatic carbocycles. The summed E-state index contributed by atoms with van der Waals surface area (Å²) in [6, 6.07) is 13.2. The van der Waals surface area contributed by atoms with Gasteiger partial charge in [0.2, 0.25) is 5.91 Å². The van der Waals surface area contributed by atoms with Crippen molar-refractivity contribution >= 4 is 28.9 Å². The Bertz CT molecular complexity index is 623. The molecule has 0 radical (unpaired) electrons. The third-order valence-corrected chi connectivity index (χ3v) is 3.65. The van der Waals surface area contributed by atoms with Crippen molar-refractivity contribution in [1.82, 2.24) is 0 Å². The molecule has 0 aromatic heterocycles. The van der Waals surface area contributed by atoms with Crippen molar-refractivity contribution in [3.05, 3.63) is 58.6 Å². The third-order valence-electron chi connectivity index (χ3n) is 3.40. The number of benzene rings is 2. The highest BCUT2D eigenvalue weighted by Gasteiger charge is 2.04. The summed E-state index contributed by atoms with van der Waals surface area (Å²) in [7, 11) is 0. The summed E-state index contributed by atoms with van der Waals surface area (Å²) in [5, 5.41) is 6.80. The van der Waals surface area contributed by atoms with Crippen LogP contribution in [0.25, 0.3) is 0 Å². The van der Waals surface area contributed by atoms with Crippen LogP contribution in [0.5, 0.6) is 0 Å². The van der Waals surface area contributed by atoms with E-state index in [0.29, 0.717) is 18.0 Å². The van der Waals surface area contributed by atoms with Gasteiger partial charge in [0.25, 0.3) is 0 Å². The molecule has 2 aromatic carbocycles.